The van der Waals surface area contributed by atoms with Gasteiger partial charge in [0, 0.05) is 6.04 Å². The lowest BCUT2D eigenvalue weighted by atomic mass is 10.0. The van der Waals surface area contributed by atoms with Crippen molar-refractivity contribution in [3.8, 4) is 0 Å². The molecule has 1 amide bonds. The van der Waals surface area contributed by atoms with Crippen LogP contribution in [0.3, 0.4) is 0 Å². The van der Waals surface area contributed by atoms with Crippen LogP contribution in [0.15, 0.2) is 0 Å². The number of hydrogen-bond acceptors (Lipinski definition) is 3. The first-order chi connectivity index (χ1) is 6.29. The fourth-order valence-corrected chi connectivity index (χ4v) is 2.10. The Morgan fingerprint density at radius 2 is 2.23 bits per heavy atom. The van der Waals surface area contributed by atoms with Gasteiger partial charge in [-0.15, -0.1) is 0 Å². The summed E-state index contributed by atoms with van der Waals surface area (Å²) in [4.78, 5) is 17.0. The van der Waals surface area contributed by atoms with Crippen molar-refractivity contribution in [1.29, 1.82) is 0 Å². The largest absolute Gasteiger partial charge is 0.327 e. The monoisotopic (exact) mass is 184 g/mol. The van der Waals surface area contributed by atoms with Crippen molar-refractivity contribution in [1.82, 2.24) is 5.06 Å². The molecular formula is C9H16N2O2. The first kappa shape index (κ1) is 8.97. The van der Waals surface area contributed by atoms with Gasteiger partial charge < -0.3 is 5.73 Å². The minimum atomic E-state index is 0.0121. The Labute approximate surface area is 78.0 Å². The first-order valence-electron chi connectivity index (χ1n) is 4.99. The van der Waals surface area contributed by atoms with Crippen molar-refractivity contribution in [3.63, 3.8) is 0 Å². The van der Waals surface area contributed by atoms with E-state index in [1.807, 2.05) is 0 Å². The van der Waals surface area contributed by atoms with Crippen molar-refractivity contribution in [2.24, 2.45) is 11.7 Å². The number of rotatable bonds is 1. The summed E-state index contributed by atoms with van der Waals surface area (Å²) in [6.45, 7) is 1.41. The van der Waals surface area contributed by atoms with Crippen LogP contribution >= 0.6 is 0 Å². The molecule has 0 bridgehead atoms. The number of hydrogen-bond donors (Lipinski definition) is 1. The normalized spacial score (nSPS) is 34.1. The number of carbonyl (C=O) groups is 1. The quantitative estimate of drug-likeness (QED) is 0.636. The Kier molecular flexibility index (Phi) is 2.51. The van der Waals surface area contributed by atoms with Crippen molar-refractivity contribution in [2.45, 2.75) is 31.7 Å². The molecule has 0 aromatic carbocycles. The summed E-state index contributed by atoms with van der Waals surface area (Å²) in [5, 5.41) is 1.50. The maximum Gasteiger partial charge on any atom is 0.250 e. The summed E-state index contributed by atoms with van der Waals surface area (Å²) >= 11 is 0. The van der Waals surface area contributed by atoms with Crippen LogP contribution in [0.2, 0.25) is 0 Å². The highest BCUT2D eigenvalue weighted by Gasteiger charge is 2.34. The van der Waals surface area contributed by atoms with Gasteiger partial charge >= 0.3 is 0 Å². The zero-order chi connectivity index (χ0) is 9.26. The molecule has 4 nitrogen and oxygen atoms in total. The van der Waals surface area contributed by atoms with E-state index in [2.05, 4.69) is 0 Å². The molecule has 2 fully saturated rings. The van der Waals surface area contributed by atoms with Gasteiger partial charge in [-0.1, -0.05) is 6.42 Å². The lowest BCUT2D eigenvalue weighted by molar-refractivity contribution is -0.173. The van der Waals surface area contributed by atoms with Crippen LogP contribution in [0.25, 0.3) is 0 Å². The first-order valence-corrected chi connectivity index (χ1v) is 4.99. The van der Waals surface area contributed by atoms with Crippen LogP contribution in [0.4, 0.5) is 0 Å². The fourth-order valence-electron chi connectivity index (χ4n) is 2.10. The zero-order valence-electron chi connectivity index (χ0n) is 7.74. The second kappa shape index (κ2) is 3.64. The van der Waals surface area contributed by atoms with Gasteiger partial charge in [-0.25, -0.2) is 5.06 Å². The van der Waals surface area contributed by atoms with Gasteiger partial charge in [0.15, 0.2) is 0 Å². The molecule has 2 aliphatic rings. The smallest absolute Gasteiger partial charge is 0.250 e. The number of carbonyl (C=O) groups excluding carboxylic acids is 1. The predicted octanol–water partition coefficient (Wildman–Crippen LogP) is 0.278. The molecule has 4 heteroatoms. The Morgan fingerprint density at radius 3 is 2.77 bits per heavy atom. The fraction of sp³-hybridized carbons (Fsp3) is 0.889. The molecule has 0 spiro atoms. The van der Waals surface area contributed by atoms with E-state index in [0.717, 1.165) is 32.2 Å². The van der Waals surface area contributed by atoms with E-state index < -0.39 is 0 Å². The molecule has 2 rings (SSSR count). The average molecular weight is 184 g/mol. The van der Waals surface area contributed by atoms with Gasteiger partial charge in [-0.3, -0.25) is 9.63 Å². The van der Waals surface area contributed by atoms with Gasteiger partial charge in [0.2, 0.25) is 0 Å². The molecule has 2 atom stereocenters. The molecule has 1 saturated heterocycles. The van der Waals surface area contributed by atoms with Crippen LogP contribution in [0.1, 0.15) is 25.7 Å². The predicted molar refractivity (Wildman–Crippen MR) is 47.6 cm³/mol. The molecule has 1 saturated carbocycles. The van der Waals surface area contributed by atoms with Gasteiger partial charge in [-0.2, -0.15) is 0 Å². The Balaban J connectivity index is 1.95. The number of nitrogens with zero attached hydrogens (tertiary/aromatic N) is 1. The van der Waals surface area contributed by atoms with E-state index >= 15 is 0 Å². The molecule has 0 aromatic heterocycles. The third-order valence-corrected chi connectivity index (χ3v) is 2.89. The van der Waals surface area contributed by atoms with Crippen molar-refractivity contribution in [3.05, 3.63) is 0 Å². The lowest BCUT2D eigenvalue weighted by Crippen LogP contribution is -2.39. The van der Waals surface area contributed by atoms with Crippen molar-refractivity contribution < 1.29 is 9.63 Å². The molecule has 1 aliphatic heterocycles. The molecule has 0 radical (unpaired) electrons. The zero-order valence-corrected chi connectivity index (χ0v) is 7.74. The highest BCUT2D eigenvalue weighted by Crippen LogP contribution is 2.26. The molecule has 74 valence electrons. The summed E-state index contributed by atoms with van der Waals surface area (Å²) in [5.74, 6) is 0.112. The maximum atomic E-state index is 11.8. The Bertz CT molecular complexity index is 202. The van der Waals surface area contributed by atoms with E-state index in [9.17, 15) is 4.79 Å². The van der Waals surface area contributed by atoms with Crippen molar-refractivity contribution >= 4 is 5.91 Å². The van der Waals surface area contributed by atoms with Crippen LogP contribution in [0, 0.1) is 5.92 Å². The number of amides is 1. The average Bonchev–Trinajstić information content (AvgIpc) is 2.72. The highest BCUT2D eigenvalue weighted by molar-refractivity contribution is 5.79. The summed E-state index contributed by atoms with van der Waals surface area (Å²) in [5.41, 5.74) is 5.84. The van der Waals surface area contributed by atoms with Crippen LogP contribution < -0.4 is 5.73 Å². The maximum absolute atomic E-state index is 11.8. The topological polar surface area (TPSA) is 55.6 Å². The standard InChI is InChI=1S/C9H16N2O2/c10-8-4-1-3-7(8)9(12)11-5-2-6-13-11/h7-8H,1-6,10H2. The number of nitrogens with two attached hydrogens (primary N) is 1. The summed E-state index contributed by atoms with van der Waals surface area (Å²) in [6, 6.07) is 0.0525. The van der Waals surface area contributed by atoms with E-state index in [4.69, 9.17) is 10.6 Å². The lowest BCUT2D eigenvalue weighted by Gasteiger charge is -2.20. The van der Waals surface area contributed by atoms with Gasteiger partial charge in [0.05, 0.1) is 19.1 Å². The van der Waals surface area contributed by atoms with Crippen LogP contribution in [-0.2, 0) is 9.63 Å². The Morgan fingerprint density at radius 1 is 1.38 bits per heavy atom. The molecular weight excluding hydrogens is 168 g/mol. The SMILES string of the molecule is NC1CCCC1C(=O)N1CCCO1. The molecule has 1 heterocycles. The molecule has 1 aliphatic carbocycles. The summed E-state index contributed by atoms with van der Waals surface area (Å²) in [6.07, 6.45) is 3.93. The van der Waals surface area contributed by atoms with Crippen molar-refractivity contribution in [2.75, 3.05) is 13.2 Å². The van der Waals surface area contributed by atoms with Crippen LogP contribution in [-0.4, -0.2) is 30.2 Å². The van der Waals surface area contributed by atoms with E-state index in [1.165, 1.54) is 5.06 Å². The third kappa shape index (κ3) is 1.69. The summed E-state index contributed by atoms with van der Waals surface area (Å²) < 4.78 is 0. The Hall–Kier alpha value is -0.610. The third-order valence-electron chi connectivity index (χ3n) is 2.89. The van der Waals surface area contributed by atoms with E-state index in [-0.39, 0.29) is 17.9 Å². The summed E-state index contributed by atoms with van der Waals surface area (Å²) in [7, 11) is 0. The van der Waals surface area contributed by atoms with E-state index in [0.29, 0.717) is 6.61 Å². The van der Waals surface area contributed by atoms with Crippen LogP contribution in [0.5, 0.6) is 0 Å². The molecule has 2 unspecified atom stereocenters. The molecule has 0 aromatic rings. The van der Waals surface area contributed by atoms with E-state index in [1.54, 1.807) is 0 Å². The second-order valence-corrected chi connectivity index (χ2v) is 3.83. The minimum absolute atomic E-state index is 0.0121. The van der Waals surface area contributed by atoms with Gasteiger partial charge in [0.1, 0.15) is 0 Å². The second-order valence-electron chi connectivity index (χ2n) is 3.83. The van der Waals surface area contributed by atoms with Gasteiger partial charge in [0.25, 0.3) is 5.91 Å². The minimum Gasteiger partial charge on any atom is -0.327 e. The molecule has 13 heavy (non-hydrogen) atoms. The molecule has 2 N–H and O–H groups in total. The van der Waals surface area contributed by atoms with Gasteiger partial charge in [-0.05, 0) is 19.3 Å². The number of hydroxylamine groups is 2. The highest BCUT2D eigenvalue weighted by atomic mass is 16.7.